The minimum Gasteiger partial charge on any atom is -0.481 e. The Hall–Kier alpha value is -1.26. The van der Waals surface area contributed by atoms with E-state index in [9.17, 15) is 9.59 Å². The molecule has 0 heterocycles. The fourth-order valence-electron chi connectivity index (χ4n) is 2.37. The molecule has 2 amide bonds. The molecular weight excluding hydrogens is 268 g/mol. The molecule has 5 heteroatoms. The third kappa shape index (κ3) is 10.2. The lowest BCUT2D eigenvalue weighted by Gasteiger charge is -2.20. The number of urea groups is 1. The molecule has 0 saturated heterocycles. The van der Waals surface area contributed by atoms with Crippen LogP contribution in [-0.4, -0.2) is 30.2 Å². The second-order valence-corrected chi connectivity index (χ2v) is 6.04. The van der Waals surface area contributed by atoms with Crippen LogP contribution in [0.25, 0.3) is 0 Å². The number of carbonyl (C=O) groups excluding carboxylic acids is 1. The quantitative estimate of drug-likeness (QED) is 0.548. The van der Waals surface area contributed by atoms with Crippen LogP contribution < -0.4 is 10.6 Å². The maximum atomic E-state index is 11.7. The Labute approximate surface area is 128 Å². The SMILES string of the molecule is CCC(CC)CNC(=O)NCCC(CCC(=O)O)C(C)C. The van der Waals surface area contributed by atoms with Gasteiger partial charge in [-0.2, -0.15) is 0 Å². The van der Waals surface area contributed by atoms with Gasteiger partial charge in [0.05, 0.1) is 0 Å². The molecule has 0 saturated carbocycles. The zero-order valence-electron chi connectivity index (χ0n) is 13.9. The molecule has 0 rings (SSSR count). The lowest BCUT2D eigenvalue weighted by atomic mass is 9.88. The van der Waals surface area contributed by atoms with Gasteiger partial charge in [0.15, 0.2) is 0 Å². The van der Waals surface area contributed by atoms with Gasteiger partial charge in [0.25, 0.3) is 0 Å². The highest BCUT2D eigenvalue weighted by Crippen LogP contribution is 2.20. The standard InChI is InChI=1S/C16H32N2O3/c1-5-13(6-2)11-18-16(21)17-10-9-14(12(3)4)7-8-15(19)20/h12-14H,5-11H2,1-4H3,(H,19,20)(H2,17,18,21). The maximum Gasteiger partial charge on any atom is 0.314 e. The van der Waals surface area contributed by atoms with E-state index in [0.29, 0.717) is 37.3 Å². The van der Waals surface area contributed by atoms with Crippen molar-refractivity contribution in [2.45, 2.75) is 59.8 Å². The topological polar surface area (TPSA) is 78.4 Å². The zero-order valence-corrected chi connectivity index (χ0v) is 13.9. The Balaban J connectivity index is 3.92. The van der Waals surface area contributed by atoms with Gasteiger partial charge in [0.1, 0.15) is 0 Å². The molecule has 0 bridgehead atoms. The van der Waals surface area contributed by atoms with E-state index < -0.39 is 5.97 Å². The van der Waals surface area contributed by atoms with Crippen molar-refractivity contribution in [1.82, 2.24) is 10.6 Å². The zero-order chi connectivity index (χ0) is 16.3. The highest BCUT2D eigenvalue weighted by atomic mass is 16.4. The number of carboxylic acids is 1. The van der Waals surface area contributed by atoms with E-state index in [4.69, 9.17) is 5.11 Å². The molecule has 3 N–H and O–H groups in total. The number of hydrogen-bond acceptors (Lipinski definition) is 2. The van der Waals surface area contributed by atoms with Crippen LogP contribution in [0.15, 0.2) is 0 Å². The van der Waals surface area contributed by atoms with Crippen LogP contribution in [0, 0.1) is 17.8 Å². The molecule has 0 spiro atoms. The average Bonchev–Trinajstić information content (AvgIpc) is 2.43. The summed E-state index contributed by atoms with van der Waals surface area (Å²) in [7, 11) is 0. The number of carbonyl (C=O) groups is 2. The van der Waals surface area contributed by atoms with Gasteiger partial charge in [-0.1, -0.05) is 40.5 Å². The summed E-state index contributed by atoms with van der Waals surface area (Å²) in [5.41, 5.74) is 0. The molecule has 21 heavy (non-hydrogen) atoms. The Bertz CT molecular complexity index is 302. The minimum atomic E-state index is -0.753. The molecule has 0 aliphatic carbocycles. The predicted molar refractivity (Wildman–Crippen MR) is 85.3 cm³/mol. The van der Waals surface area contributed by atoms with Crippen molar-refractivity contribution in [2.75, 3.05) is 13.1 Å². The number of aliphatic carboxylic acids is 1. The van der Waals surface area contributed by atoms with Gasteiger partial charge in [0, 0.05) is 19.5 Å². The monoisotopic (exact) mass is 300 g/mol. The molecule has 0 aromatic rings. The Morgan fingerprint density at radius 3 is 2.14 bits per heavy atom. The summed E-state index contributed by atoms with van der Waals surface area (Å²) >= 11 is 0. The second-order valence-electron chi connectivity index (χ2n) is 6.04. The molecule has 0 fully saturated rings. The number of rotatable bonds is 11. The average molecular weight is 300 g/mol. The van der Waals surface area contributed by atoms with E-state index in [2.05, 4.69) is 38.3 Å². The van der Waals surface area contributed by atoms with Crippen molar-refractivity contribution in [2.24, 2.45) is 17.8 Å². The highest BCUT2D eigenvalue weighted by Gasteiger charge is 2.15. The Morgan fingerprint density at radius 2 is 1.67 bits per heavy atom. The summed E-state index contributed by atoms with van der Waals surface area (Å²) in [4.78, 5) is 22.3. The molecule has 0 aliphatic heterocycles. The van der Waals surface area contributed by atoms with Crippen molar-refractivity contribution in [3.8, 4) is 0 Å². The molecule has 124 valence electrons. The second kappa shape index (κ2) is 11.4. The molecule has 1 unspecified atom stereocenters. The van der Waals surface area contributed by atoms with Crippen LogP contribution in [0.1, 0.15) is 59.8 Å². The minimum absolute atomic E-state index is 0.123. The van der Waals surface area contributed by atoms with Gasteiger partial charge in [-0.05, 0) is 30.6 Å². The van der Waals surface area contributed by atoms with Crippen LogP contribution in [0.3, 0.4) is 0 Å². The molecular formula is C16H32N2O3. The molecule has 0 aromatic heterocycles. The Kier molecular flexibility index (Phi) is 10.7. The van der Waals surface area contributed by atoms with E-state index in [0.717, 1.165) is 19.3 Å². The predicted octanol–water partition coefficient (Wildman–Crippen LogP) is 3.25. The van der Waals surface area contributed by atoms with Crippen molar-refractivity contribution in [1.29, 1.82) is 0 Å². The molecule has 0 aromatic carbocycles. The van der Waals surface area contributed by atoms with Crippen LogP contribution in [0.2, 0.25) is 0 Å². The summed E-state index contributed by atoms with van der Waals surface area (Å²) in [5.74, 6) is 0.547. The third-order valence-corrected chi connectivity index (χ3v) is 4.18. The van der Waals surface area contributed by atoms with Crippen LogP contribution >= 0.6 is 0 Å². The van der Waals surface area contributed by atoms with Crippen molar-refractivity contribution < 1.29 is 14.7 Å². The van der Waals surface area contributed by atoms with Crippen molar-refractivity contribution in [3.63, 3.8) is 0 Å². The summed E-state index contributed by atoms with van der Waals surface area (Å²) in [5, 5.41) is 14.5. The van der Waals surface area contributed by atoms with E-state index in [1.165, 1.54) is 0 Å². The van der Waals surface area contributed by atoms with Gasteiger partial charge in [-0.15, -0.1) is 0 Å². The molecule has 0 radical (unpaired) electrons. The maximum absolute atomic E-state index is 11.7. The van der Waals surface area contributed by atoms with E-state index in [1.54, 1.807) is 0 Å². The number of nitrogens with one attached hydrogen (secondary N) is 2. The van der Waals surface area contributed by atoms with Gasteiger partial charge in [-0.3, -0.25) is 4.79 Å². The van der Waals surface area contributed by atoms with Crippen molar-refractivity contribution >= 4 is 12.0 Å². The molecule has 1 atom stereocenters. The van der Waals surface area contributed by atoms with Gasteiger partial charge >= 0.3 is 12.0 Å². The largest absolute Gasteiger partial charge is 0.481 e. The molecule has 0 aliphatic rings. The Morgan fingerprint density at radius 1 is 1.05 bits per heavy atom. The lowest BCUT2D eigenvalue weighted by Crippen LogP contribution is -2.39. The number of carboxylic acid groups (broad SMARTS) is 1. The lowest BCUT2D eigenvalue weighted by molar-refractivity contribution is -0.137. The van der Waals surface area contributed by atoms with Crippen LogP contribution in [0.4, 0.5) is 4.79 Å². The number of hydrogen-bond donors (Lipinski definition) is 3. The summed E-state index contributed by atoms with van der Waals surface area (Å²) in [6.07, 6.45) is 3.83. The first-order chi connectivity index (χ1) is 9.90. The first kappa shape index (κ1) is 19.7. The first-order valence-electron chi connectivity index (χ1n) is 8.14. The van der Waals surface area contributed by atoms with Gasteiger partial charge in [0.2, 0.25) is 0 Å². The fraction of sp³-hybridized carbons (Fsp3) is 0.875. The highest BCUT2D eigenvalue weighted by molar-refractivity contribution is 5.73. The van der Waals surface area contributed by atoms with Crippen LogP contribution in [-0.2, 0) is 4.79 Å². The van der Waals surface area contributed by atoms with Crippen LogP contribution in [0.5, 0.6) is 0 Å². The van der Waals surface area contributed by atoms with Crippen molar-refractivity contribution in [3.05, 3.63) is 0 Å². The smallest absolute Gasteiger partial charge is 0.314 e. The molecule has 5 nitrogen and oxygen atoms in total. The van der Waals surface area contributed by atoms with Gasteiger partial charge < -0.3 is 15.7 Å². The van der Waals surface area contributed by atoms with Gasteiger partial charge in [-0.25, -0.2) is 4.79 Å². The summed E-state index contributed by atoms with van der Waals surface area (Å²) in [6, 6.07) is -0.123. The summed E-state index contributed by atoms with van der Waals surface area (Å²) in [6.45, 7) is 9.76. The first-order valence-corrected chi connectivity index (χ1v) is 8.14. The fourth-order valence-corrected chi connectivity index (χ4v) is 2.37. The number of amides is 2. The normalized spacial score (nSPS) is 12.5. The summed E-state index contributed by atoms with van der Waals surface area (Å²) < 4.78 is 0. The third-order valence-electron chi connectivity index (χ3n) is 4.18. The van der Waals surface area contributed by atoms with E-state index >= 15 is 0 Å². The van der Waals surface area contributed by atoms with E-state index in [1.807, 2.05) is 0 Å². The van der Waals surface area contributed by atoms with E-state index in [-0.39, 0.29) is 12.5 Å².